The third-order valence-corrected chi connectivity index (χ3v) is 3.70. The summed E-state index contributed by atoms with van der Waals surface area (Å²) in [5.41, 5.74) is 8.81. The minimum Gasteiger partial charge on any atom is -0.493 e. The quantitative estimate of drug-likeness (QED) is 0.849. The lowest BCUT2D eigenvalue weighted by molar-refractivity contribution is 0.274. The first-order valence-corrected chi connectivity index (χ1v) is 7.03. The lowest BCUT2D eigenvalue weighted by Gasteiger charge is -2.28. The molecule has 20 heavy (non-hydrogen) atoms. The van der Waals surface area contributed by atoms with Gasteiger partial charge in [-0.1, -0.05) is 42.5 Å². The fourth-order valence-corrected chi connectivity index (χ4v) is 2.68. The van der Waals surface area contributed by atoms with Crippen molar-refractivity contribution in [3.8, 4) is 5.75 Å². The molecule has 1 heterocycles. The van der Waals surface area contributed by atoms with Crippen LogP contribution in [0.1, 0.15) is 23.6 Å². The van der Waals surface area contributed by atoms with Gasteiger partial charge < -0.3 is 15.8 Å². The number of para-hydroxylation sites is 2. The van der Waals surface area contributed by atoms with E-state index in [1.807, 2.05) is 42.5 Å². The average molecular weight is 284 g/mol. The topological polar surface area (TPSA) is 47.3 Å². The summed E-state index contributed by atoms with van der Waals surface area (Å²) >= 11 is 5.11. The van der Waals surface area contributed by atoms with Crippen LogP contribution in [0.5, 0.6) is 5.75 Å². The molecule has 0 aliphatic carbocycles. The van der Waals surface area contributed by atoms with Crippen molar-refractivity contribution in [1.82, 2.24) is 0 Å². The smallest absolute Gasteiger partial charge is 0.124 e. The summed E-state index contributed by atoms with van der Waals surface area (Å²) in [5, 5.41) is 3.54. The number of benzene rings is 2. The zero-order valence-electron chi connectivity index (χ0n) is 11.0. The number of nitrogens with one attached hydrogen (secondary N) is 1. The molecular formula is C16H16N2OS. The third kappa shape index (κ3) is 2.47. The summed E-state index contributed by atoms with van der Waals surface area (Å²) in [6.07, 6.45) is 0.919. The molecule has 2 aromatic carbocycles. The number of ether oxygens (including phenoxy) is 1. The van der Waals surface area contributed by atoms with E-state index in [0.29, 0.717) is 11.6 Å². The molecule has 0 saturated heterocycles. The highest BCUT2D eigenvalue weighted by Gasteiger charge is 2.21. The van der Waals surface area contributed by atoms with Gasteiger partial charge in [-0.25, -0.2) is 0 Å². The summed E-state index contributed by atoms with van der Waals surface area (Å²) in [6.45, 7) is 0.712. The molecule has 3 rings (SSSR count). The number of rotatable bonds is 3. The maximum absolute atomic E-state index is 5.78. The fourth-order valence-electron chi connectivity index (χ4n) is 2.50. The molecule has 0 spiro atoms. The molecule has 0 bridgehead atoms. The van der Waals surface area contributed by atoms with Crippen LogP contribution in [0.3, 0.4) is 0 Å². The van der Waals surface area contributed by atoms with E-state index in [4.69, 9.17) is 22.7 Å². The first-order valence-electron chi connectivity index (χ1n) is 6.63. The van der Waals surface area contributed by atoms with E-state index in [0.717, 1.165) is 23.4 Å². The first kappa shape index (κ1) is 12.9. The minimum atomic E-state index is 0.218. The van der Waals surface area contributed by atoms with Crippen molar-refractivity contribution in [3.05, 3.63) is 59.7 Å². The molecule has 0 saturated carbocycles. The normalized spacial score (nSPS) is 16.9. The maximum Gasteiger partial charge on any atom is 0.124 e. The second-order valence-electron chi connectivity index (χ2n) is 4.78. The molecule has 3 nitrogen and oxygen atoms in total. The molecule has 102 valence electrons. The molecule has 1 aliphatic rings. The van der Waals surface area contributed by atoms with Crippen molar-refractivity contribution in [2.45, 2.75) is 12.5 Å². The number of hydrogen-bond acceptors (Lipinski definition) is 3. The fraction of sp³-hybridized carbons (Fsp3) is 0.188. The van der Waals surface area contributed by atoms with Crippen molar-refractivity contribution in [2.24, 2.45) is 5.73 Å². The summed E-state index contributed by atoms with van der Waals surface area (Å²) < 4.78 is 5.68. The summed E-state index contributed by atoms with van der Waals surface area (Å²) in [5.74, 6) is 0.948. The van der Waals surface area contributed by atoms with E-state index in [9.17, 15) is 0 Å². The predicted molar refractivity (Wildman–Crippen MR) is 85.2 cm³/mol. The van der Waals surface area contributed by atoms with Crippen molar-refractivity contribution in [1.29, 1.82) is 0 Å². The van der Waals surface area contributed by atoms with E-state index in [1.165, 1.54) is 5.56 Å². The van der Waals surface area contributed by atoms with Crippen molar-refractivity contribution >= 4 is 22.9 Å². The van der Waals surface area contributed by atoms with Gasteiger partial charge >= 0.3 is 0 Å². The van der Waals surface area contributed by atoms with Crippen molar-refractivity contribution in [2.75, 3.05) is 11.9 Å². The molecule has 0 aromatic heterocycles. The number of anilines is 1. The van der Waals surface area contributed by atoms with Gasteiger partial charge in [-0.3, -0.25) is 0 Å². The Labute approximate surface area is 123 Å². The number of hydrogen-bond donors (Lipinski definition) is 2. The van der Waals surface area contributed by atoms with Crippen LogP contribution in [0.2, 0.25) is 0 Å². The lowest BCUT2D eigenvalue weighted by atomic mass is 9.99. The Morgan fingerprint density at radius 3 is 2.75 bits per heavy atom. The van der Waals surface area contributed by atoms with E-state index in [2.05, 4.69) is 11.4 Å². The van der Waals surface area contributed by atoms with Crippen molar-refractivity contribution < 1.29 is 4.74 Å². The summed E-state index contributed by atoms with van der Waals surface area (Å²) in [6, 6.07) is 16.2. The molecule has 4 heteroatoms. The first-order chi connectivity index (χ1) is 9.75. The Bertz CT molecular complexity index is 642. The van der Waals surface area contributed by atoms with Crippen molar-refractivity contribution in [3.63, 3.8) is 0 Å². The average Bonchev–Trinajstić information content (AvgIpc) is 2.48. The van der Waals surface area contributed by atoms with Crippen LogP contribution in [-0.4, -0.2) is 11.6 Å². The van der Waals surface area contributed by atoms with Gasteiger partial charge in [0, 0.05) is 23.2 Å². The third-order valence-electron chi connectivity index (χ3n) is 3.48. The Kier molecular flexibility index (Phi) is 3.56. The van der Waals surface area contributed by atoms with Crippen LogP contribution in [0.15, 0.2) is 48.5 Å². The molecule has 2 aromatic rings. The van der Waals surface area contributed by atoms with E-state index in [1.54, 1.807) is 0 Å². The Balaban J connectivity index is 1.92. The Morgan fingerprint density at radius 1 is 1.15 bits per heavy atom. The van der Waals surface area contributed by atoms with Crippen LogP contribution in [-0.2, 0) is 0 Å². The lowest BCUT2D eigenvalue weighted by Crippen LogP contribution is -2.22. The molecule has 0 radical (unpaired) electrons. The van der Waals surface area contributed by atoms with Gasteiger partial charge in [0.15, 0.2) is 0 Å². The Morgan fingerprint density at radius 2 is 1.90 bits per heavy atom. The molecule has 0 amide bonds. The molecule has 0 fully saturated rings. The van der Waals surface area contributed by atoms with Crippen LogP contribution < -0.4 is 15.8 Å². The van der Waals surface area contributed by atoms with Crippen LogP contribution >= 0.6 is 12.2 Å². The second-order valence-corrected chi connectivity index (χ2v) is 5.22. The highest BCUT2D eigenvalue weighted by Crippen LogP contribution is 2.34. The van der Waals surface area contributed by atoms with Gasteiger partial charge in [-0.2, -0.15) is 0 Å². The molecule has 3 N–H and O–H groups in total. The van der Waals surface area contributed by atoms with E-state index < -0.39 is 0 Å². The summed E-state index contributed by atoms with van der Waals surface area (Å²) in [4.78, 5) is 0.411. The van der Waals surface area contributed by atoms with Gasteiger partial charge in [0.2, 0.25) is 0 Å². The second kappa shape index (κ2) is 5.51. The molecule has 1 unspecified atom stereocenters. The zero-order valence-corrected chi connectivity index (χ0v) is 11.8. The van der Waals surface area contributed by atoms with Crippen LogP contribution in [0, 0.1) is 0 Å². The maximum atomic E-state index is 5.78. The monoisotopic (exact) mass is 284 g/mol. The summed E-state index contributed by atoms with van der Waals surface area (Å²) in [7, 11) is 0. The Hall–Kier alpha value is -2.07. The van der Waals surface area contributed by atoms with Gasteiger partial charge in [-0.15, -0.1) is 0 Å². The van der Waals surface area contributed by atoms with Gasteiger partial charge in [0.05, 0.1) is 12.6 Å². The number of thiocarbonyl (C=S) groups is 1. The largest absolute Gasteiger partial charge is 0.493 e. The standard InChI is InChI=1S/C16H16N2OS/c17-16(20)12-6-1-3-7-13(12)18-14-9-10-19-15-8-4-2-5-11(14)15/h1-8,14,18H,9-10H2,(H2,17,20). The van der Waals surface area contributed by atoms with Gasteiger partial charge in [0.1, 0.15) is 10.7 Å². The predicted octanol–water partition coefficient (Wildman–Crippen LogP) is 3.26. The highest BCUT2D eigenvalue weighted by molar-refractivity contribution is 7.80. The number of nitrogens with two attached hydrogens (primary N) is 1. The molecule has 1 atom stereocenters. The van der Waals surface area contributed by atoms with Crippen LogP contribution in [0.4, 0.5) is 5.69 Å². The number of fused-ring (bicyclic) bond motifs is 1. The SMILES string of the molecule is NC(=S)c1ccccc1NC1CCOc2ccccc21. The van der Waals surface area contributed by atoms with Gasteiger partial charge in [-0.05, 0) is 18.2 Å². The molecular weight excluding hydrogens is 268 g/mol. The van der Waals surface area contributed by atoms with Crippen LogP contribution in [0.25, 0.3) is 0 Å². The zero-order chi connectivity index (χ0) is 13.9. The van der Waals surface area contributed by atoms with Gasteiger partial charge in [0.25, 0.3) is 0 Å². The molecule has 1 aliphatic heterocycles. The van der Waals surface area contributed by atoms with E-state index in [-0.39, 0.29) is 6.04 Å². The highest BCUT2D eigenvalue weighted by atomic mass is 32.1. The minimum absolute atomic E-state index is 0.218. The van der Waals surface area contributed by atoms with E-state index >= 15 is 0 Å².